The Kier molecular flexibility index (Phi) is 7.07. The summed E-state index contributed by atoms with van der Waals surface area (Å²) in [5.41, 5.74) is 11.4. The SMILES string of the molecule is CCCCc1ccc2c3[n+](cnc2c1)C1(CC)C(=CC[n+]2ccccc2-c2cc(C(C)(C)C)nn2C)C1(CC)c1ccccc1-3. The van der Waals surface area contributed by atoms with Gasteiger partial charge in [-0.25, -0.2) is 4.57 Å². The molecule has 4 heterocycles. The van der Waals surface area contributed by atoms with Gasteiger partial charge < -0.3 is 0 Å². The molecule has 2 atom stereocenters. The molecule has 7 rings (SSSR count). The van der Waals surface area contributed by atoms with Crippen molar-refractivity contribution in [1.29, 1.82) is 0 Å². The van der Waals surface area contributed by atoms with E-state index in [0.717, 1.165) is 42.7 Å². The van der Waals surface area contributed by atoms with Crippen LogP contribution >= 0.6 is 0 Å². The minimum atomic E-state index is -0.130. The predicted molar refractivity (Wildman–Crippen MR) is 182 cm³/mol. The summed E-state index contributed by atoms with van der Waals surface area (Å²) in [6.07, 6.45) is 12.5. The van der Waals surface area contributed by atoms with E-state index in [1.807, 2.05) is 4.68 Å². The van der Waals surface area contributed by atoms with E-state index in [1.54, 1.807) is 0 Å². The van der Waals surface area contributed by atoms with Crippen LogP contribution in [0.1, 0.15) is 84.0 Å². The Hall–Kier alpha value is -4.12. The third-order valence-electron chi connectivity index (χ3n) is 10.7. The van der Waals surface area contributed by atoms with Crippen LogP contribution in [0.4, 0.5) is 0 Å². The van der Waals surface area contributed by atoms with Gasteiger partial charge in [0.25, 0.3) is 6.33 Å². The van der Waals surface area contributed by atoms with Crippen LogP contribution in [-0.2, 0) is 36.4 Å². The average Bonchev–Trinajstić information content (AvgIpc) is 3.46. The summed E-state index contributed by atoms with van der Waals surface area (Å²) in [6, 6.07) is 24.9. The number of hydrogen-bond donors (Lipinski definition) is 0. The van der Waals surface area contributed by atoms with Gasteiger partial charge in [0.05, 0.1) is 16.5 Å². The first kappa shape index (κ1) is 29.6. The molecule has 5 aromatic rings. The molecule has 1 saturated carbocycles. The maximum Gasteiger partial charge on any atom is 0.288 e. The molecule has 5 nitrogen and oxygen atoms in total. The first-order valence-electron chi connectivity index (χ1n) is 16.9. The molecule has 2 unspecified atom stereocenters. The van der Waals surface area contributed by atoms with E-state index in [-0.39, 0.29) is 16.4 Å². The Labute approximate surface area is 268 Å². The lowest BCUT2D eigenvalue weighted by molar-refractivity contribution is -0.733. The third-order valence-corrected chi connectivity index (χ3v) is 10.7. The van der Waals surface area contributed by atoms with Gasteiger partial charge in [-0.1, -0.05) is 78.3 Å². The number of hydrogen-bond acceptors (Lipinski definition) is 2. The van der Waals surface area contributed by atoms with Crippen molar-refractivity contribution in [3.8, 4) is 22.6 Å². The molecule has 1 aliphatic carbocycles. The maximum atomic E-state index is 5.13. The van der Waals surface area contributed by atoms with E-state index in [0.29, 0.717) is 0 Å². The number of aryl methyl sites for hydroxylation is 2. The van der Waals surface area contributed by atoms with Crippen molar-refractivity contribution in [2.75, 3.05) is 0 Å². The average molecular weight is 598 g/mol. The van der Waals surface area contributed by atoms with Crippen molar-refractivity contribution in [3.63, 3.8) is 0 Å². The van der Waals surface area contributed by atoms with Crippen LogP contribution in [0.25, 0.3) is 33.5 Å². The van der Waals surface area contributed by atoms with Crippen LogP contribution < -0.4 is 9.13 Å². The standard InChI is InChI=1S/C40H47N5/c1-8-11-16-28-20-21-30-32(25-28)41-27-45-37(30)29-17-12-13-18-31(29)39(9-2)35(40(39,45)10-3)22-24-44-23-15-14-19-33(44)34-26-36(38(4,5)6)42-43(34)7/h12-15,17-23,25-27H,8-11,16,24H2,1-7H3/q+2. The quantitative estimate of drug-likeness (QED) is 0.135. The molecule has 0 saturated heterocycles. The summed E-state index contributed by atoms with van der Waals surface area (Å²) in [6.45, 7) is 14.5. The fraction of sp³-hybridized carbons (Fsp3) is 0.400. The molecule has 0 bridgehead atoms. The third kappa shape index (κ3) is 4.26. The summed E-state index contributed by atoms with van der Waals surface area (Å²) in [5, 5.41) is 6.14. The van der Waals surface area contributed by atoms with E-state index >= 15 is 0 Å². The lowest BCUT2D eigenvalue weighted by Crippen LogP contribution is -2.55. The fourth-order valence-corrected chi connectivity index (χ4v) is 8.40. The zero-order valence-corrected chi connectivity index (χ0v) is 28.1. The van der Waals surface area contributed by atoms with Crippen molar-refractivity contribution in [1.82, 2.24) is 14.8 Å². The molecule has 2 aliphatic rings. The van der Waals surface area contributed by atoms with Crippen LogP contribution in [0.3, 0.4) is 0 Å². The smallest absolute Gasteiger partial charge is 0.262 e. The van der Waals surface area contributed by atoms with Gasteiger partial charge >= 0.3 is 0 Å². The molecule has 1 aliphatic heterocycles. The highest BCUT2D eigenvalue weighted by molar-refractivity contribution is 5.93. The van der Waals surface area contributed by atoms with Gasteiger partial charge in [0, 0.05) is 30.2 Å². The highest BCUT2D eigenvalue weighted by Gasteiger charge is 2.78. The summed E-state index contributed by atoms with van der Waals surface area (Å²) in [7, 11) is 2.06. The minimum Gasteiger partial charge on any atom is -0.262 e. The van der Waals surface area contributed by atoms with Crippen molar-refractivity contribution < 1.29 is 9.13 Å². The predicted octanol–water partition coefficient (Wildman–Crippen LogP) is 7.92. The van der Waals surface area contributed by atoms with E-state index in [9.17, 15) is 0 Å². The number of aromatic nitrogens is 5. The number of rotatable bonds is 8. The van der Waals surface area contributed by atoms with Gasteiger partial charge in [-0.2, -0.15) is 9.67 Å². The zero-order chi connectivity index (χ0) is 31.6. The highest BCUT2D eigenvalue weighted by Crippen LogP contribution is 2.71. The summed E-state index contributed by atoms with van der Waals surface area (Å²) in [4.78, 5) is 5.13. The van der Waals surface area contributed by atoms with Gasteiger partial charge in [-0.05, 0) is 77.7 Å². The second-order valence-corrected chi connectivity index (χ2v) is 14.1. The molecule has 2 aromatic carbocycles. The van der Waals surface area contributed by atoms with E-state index in [4.69, 9.17) is 10.1 Å². The van der Waals surface area contributed by atoms with Gasteiger partial charge in [0.1, 0.15) is 16.9 Å². The highest BCUT2D eigenvalue weighted by atomic mass is 15.3. The van der Waals surface area contributed by atoms with E-state index < -0.39 is 0 Å². The lowest BCUT2D eigenvalue weighted by atomic mass is 9.79. The van der Waals surface area contributed by atoms with E-state index in [2.05, 4.69) is 143 Å². The minimum absolute atomic E-state index is 0.00436. The molecule has 45 heavy (non-hydrogen) atoms. The second kappa shape index (κ2) is 10.8. The Balaban J connectivity index is 1.37. The molecule has 0 N–H and O–H groups in total. The van der Waals surface area contributed by atoms with Crippen LogP contribution in [-0.4, -0.2) is 14.8 Å². The van der Waals surface area contributed by atoms with Crippen LogP contribution in [0.15, 0.2) is 90.9 Å². The molecule has 0 spiro atoms. The molecular formula is C40H47N5+2. The normalized spacial score (nSPS) is 21.1. The van der Waals surface area contributed by atoms with Gasteiger partial charge in [-0.3, -0.25) is 4.68 Å². The van der Waals surface area contributed by atoms with Gasteiger partial charge in [0.15, 0.2) is 18.3 Å². The molecule has 1 fully saturated rings. The largest absolute Gasteiger partial charge is 0.288 e. The zero-order valence-electron chi connectivity index (χ0n) is 28.1. The number of pyridine rings is 1. The lowest BCUT2D eigenvalue weighted by Gasteiger charge is -2.30. The van der Waals surface area contributed by atoms with Crippen molar-refractivity contribution in [2.45, 2.75) is 96.6 Å². The molecule has 230 valence electrons. The van der Waals surface area contributed by atoms with Crippen molar-refractivity contribution in [3.05, 3.63) is 108 Å². The first-order chi connectivity index (χ1) is 21.7. The number of fused-ring (bicyclic) bond motifs is 8. The summed E-state index contributed by atoms with van der Waals surface area (Å²) < 4.78 is 6.96. The Bertz CT molecular complexity index is 1960. The number of allylic oxidation sites excluding steroid dienone is 2. The monoisotopic (exact) mass is 597 g/mol. The van der Waals surface area contributed by atoms with Crippen LogP contribution in [0, 0.1) is 0 Å². The van der Waals surface area contributed by atoms with Gasteiger partial charge in [-0.15, -0.1) is 0 Å². The summed E-state index contributed by atoms with van der Waals surface area (Å²) in [5.74, 6) is 0. The number of unbranched alkanes of at least 4 members (excludes halogenated alkanes) is 1. The molecule has 0 amide bonds. The van der Waals surface area contributed by atoms with Crippen molar-refractivity contribution >= 4 is 10.9 Å². The topological polar surface area (TPSA) is 38.5 Å². The second-order valence-electron chi connectivity index (χ2n) is 14.1. The fourth-order valence-electron chi connectivity index (χ4n) is 8.40. The van der Waals surface area contributed by atoms with E-state index in [1.165, 1.54) is 51.9 Å². The maximum absolute atomic E-state index is 5.13. The molecular weight excluding hydrogens is 550 g/mol. The molecule has 5 heteroatoms. The van der Waals surface area contributed by atoms with Crippen LogP contribution in [0.5, 0.6) is 0 Å². The van der Waals surface area contributed by atoms with Crippen LogP contribution in [0.2, 0.25) is 0 Å². The molecule has 0 radical (unpaired) electrons. The van der Waals surface area contributed by atoms with Gasteiger partial charge in [0.2, 0.25) is 5.69 Å². The Morgan fingerprint density at radius 2 is 1.73 bits per heavy atom. The Morgan fingerprint density at radius 1 is 0.933 bits per heavy atom. The summed E-state index contributed by atoms with van der Waals surface area (Å²) >= 11 is 0. The number of benzene rings is 2. The first-order valence-corrected chi connectivity index (χ1v) is 16.9. The number of nitrogens with zero attached hydrogens (tertiary/aromatic N) is 5. The molecule has 3 aromatic heterocycles. The Morgan fingerprint density at radius 3 is 2.47 bits per heavy atom. The van der Waals surface area contributed by atoms with Crippen molar-refractivity contribution in [2.24, 2.45) is 7.05 Å².